The lowest BCUT2D eigenvalue weighted by Crippen LogP contribution is -2.26. The molecule has 0 nitrogen and oxygen atoms in total. The smallest absolute Gasteiger partial charge is 0.0878 e. The predicted molar refractivity (Wildman–Crippen MR) is 77.7 cm³/mol. The van der Waals surface area contributed by atoms with Gasteiger partial charge in [-0.3, -0.25) is 0 Å². The standard InChI is InChI=1S/C15H14Br2/c16-15(17)13-7-3-4-8-14(13,15)10-12-6-2-1-5-11(12)9-13/h1-6H,7-10H2/t13-,14+. The molecule has 0 spiro atoms. The van der Waals surface area contributed by atoms with Gasteiger partial charge < -0.3 is 0 Å². The highest BCUT2D eigenvalue weighted by Gasteiger charge is 2.84. The maximum Gasteiger partial charge on any atom is 0.0942 e. The van der Waals surface area contributed by atoms with E-state index < -0.39 is 0 Å². The van der Waals surface area contributed by atoms with Crippen LogP contribution in [-0.4, -0.2) is 3.23 Å². The quantitative estimate of drug-likeness (QED) is 0.472. The number of alkyl halides is 2. The molecule has 0 radical (unpaired) electrons. The monoisotopic (exact) mass is 352 g/mol. The Morgan fingerprint density at radius 1 is 0.824 bits per heavy atom. The Bertz CT molecular complexity index is 486. The minimum Gasteiger partial charge on any atom is -0.0878 e. The van der Waals surface area contributed by atoms with Crippen LogP contribution < -0.4 is 0 Å². The van der Waals surface area contributed by atoms with Crippen LogP contribution in [0.1, 0.15) is 24.0 Å². The third-order valence-electron chi connectivity index (χ3n) is 5.26. The van der Waals surface area contributed by atoms with Gasteiger partial charge in [-0.15, -0.1) is 0 Å². The second-order valence-corrected chi connectivity index (χ2v) is 9.18. The fourth-order valence-electron chi connectivity index (χ4n) is 4.21. The van der Waals surface area contributed by atoms with Gasteiger partial charge in [-0.25, -0.2) is 0 Å². The maximum absolute atomic E-state index is 3.99. The van der Waals surface area contributed by atoms with Crippen LogP contribution in [-0.2, 0) is 12.8 Å². The number of allylic oxidation sites excluding steroid dienone is 2. The zero-order valence-corrected chi connectivity index (χ0v) is 12.7. The van der Waals surface area contributed by atoms with Crippen LogP contribution in [0.5, 0.6) is 0 Å². The summed E-state index contributed by atoms with van der Waals surface area (Å²) in [7, 11) is 0. The number of halogens is 2. The van der Waals surface area contributed by atoms with Crippen LogP contribution in [0.2, 0.25) is 0 Å². The summed E-state index contributed by atoms with van der Waals surface area (Å²) in [5.74, 6) is 0. The van der Waals surface area contributed by atoms with Gasteiger partial charge in [0.05, 0.1) is 3.23 Å². The average Bonchev–Trinajstić information content (AvgIpc) is 2.78. The van der Waals surface area contributed by atoms with E-state index in [-0.39, 0.29) is 3.23 Å². The molecule has 3 aliphatic carbocycles. The van der Waals surface area contributed by atoms with Crippen LogP contribution in [0.3, 0.4) is 0 Å². The summed E-state index contributed by atoms with van der Waals surface area (Å²) in [4.78, 5) is 0. The lowest BCUT2D eigenvalue weighted by atomic mass is 9.71. The Morgan fingerprint density at radius 2 is 1.29 bits per heavy atom. The topological polar surface area (TPSA) is 0 Å². The first-order chi connectivity index (χ1) is 8.13. The molecule has 88 valence electrons. The van der Waals surface area contributed by atoms with Crippen molar-refractivity contribution in [2.45, 2.75) is 28.9 Å². The van der Waals surface area contributed by atoms with Gasteiger partial charge in [0.1, 0.15) is 0 Å². The molecule has 0 saturated heterocycles. The Kier molecular flexibility index (Phi) is 1.96. The summed E-state index contributed by atoms with van der Waals surface area (Å²) in [6.45, 7) is 0. The van der Waals surface area contributed by atoms with Crippen LogP contribution in [0.4, 0.5) is 0 Å². The second-order valence-electron chi connectivity index (χ2n) is 5.74. The summed E-state index contributed by atoms with van der Waals surface area (Å²) >= 11 is 7.98. The maximum atomic E-state index is 3.99. The van der Waals surface area contributed by atoms with Gasteiger partial charge >= 0.3 is 0 Å². The van der Waals surface area contributed by atoms with Crippen molar-refractivity contribution in [3.8, 4) is 0 Å². The lowest BCUT2D eigenvalue weighted by Gasteiger charge is -2.32. The van der Waals surface area contributed by atoms with Crippen molar-refractivity contribution in [1.29, 1.82) is 0 Å². The molecule has 0 bridgehead atoms. The van der Waals surface area contributed by atoms with E-state index in [9.17, 15) is 0 Å². The van der Waals surface area contributed by atoms with Crippen molar-refractivity contribution >= 4 is 31.9 Å². The van der Waals surface area contributed by atoms with Crippen LogP contribution in [0.15, 0.2) is 36.4 Å². The van der Waals surface area contributed by atoms with Gasteiger partial charge in [0, 0.05) is 10.8 Å². The van der Waals surface area contributed by atoms with E-state index in [0.717, 1.165) is 0 Å². The van der Waals surface area contributed by atoms with Crippen molar-refractivity contribution < 1.29 is 0 Å². The largest absolute Gasteiger partial charge is 0.0942 e. The number of fused-ring (bicyclic) bond motifs is 1. The minimum absolute atomic E-state index is 0.141. The molecular weight excluding hydrogens is 340 g/mol. The second kappa shape index (κ2) is 3.08. The van der Waals surface area contributed by atoms with Crippen molar-refractivity contribution in [2.24, 2.45) is 10.8 Å². The molecular formula is C15H14Br2. The molecule has 2 heteroatoms. The summed E-state index contributed by atoms with van der Waals surface area (Å²) in [6, 6.07) is 8.96. The molecule has 1 saturated carbocycles. The highest BCUT2D eigenvalue weighted by molar-refractivity contribution is 9.25. The first-order valence-corrected chi connectivity index (χ1v) is 7.81. The molecule has 4 rings (SSSR count). The number of rotatable bonds is 0. The molecule has 0 aromatic heterocycles. The Morgan fingerprint density at radius 3 is 1.76 bits per heavy atom. The van der Waals surface area contributed by atoms with E-state index in [1.165, 1.54) is 25.7 Å². The molecule has 0 amide bonds. The van der Waals surface area contributed by atoms with Crippen LogP contribution in [0.25, 0.3) is 0 Å². The normalized spacial score (nSPS) is 40.1. The Balaban J connectivity index is 1.89. The third kappa shape index (κ3) is 1.02. The highest BCUT2D eigenvalue weighted by Crippen LogP contribution is 2.86. The highest BCUT2D eigenvalue weighted by atomic mass is 79.9. The lowest BCUT2D eigenvalue weighted by molar-refractivity contribution is 0.300. The van der Waals surface area contributed by atoms with E-state index in [0.29, 0.717) is 10.8 Å². The van der Waals surface area contributed by atoms with Gasteiger partial charge in [0.2, 0.25) is 0 Å². The molecule has 0 aliphatic heterocycles. The zero-order valence-electron chi connectivity index (χ0n) is 9.55. The molecule has 17 heavy (non-hydrogen) atoms. The third-order valence-corrected chi connectivity index (χ3v) is 8.29. The zero-order chi connectivity index (χ0) is 11.7. The summed E-state index contributed by atoms with van der Waals surface area (Å²) in [6.07, 6.45) is 9.58. The van der Waals surface area contributed by atoms with Gasteiger partial charge in [0.25, 0.3) is 0 Å². The van der Waals surface area contributed by atoms with Crippen LogP contribution >= 0.6 is 31.9 Å². The molecule has 0 N–H and O–H groups in total. The summed E-state index contributed by atoms with van der Waals surface area (Å²) in [5.41, 5.74) is 3.92. The Labute approximate surface area is 119 Å². The Hall–Kier alpha value is -0.0800. The molecule has 0 heterocycles. The molecule has 1 aromatic rings. The van der Waals surface area contributed by atoms with Crippen molar-refractivity contribution in [3.63, 3.8) is 0 Å². The fourth-order valence-corrected chi connectivity index (χ4v) is 6.74. The van der Waals surface area contributed by atoms with Gasteiger partial charge in [0.15, 0.2) is 0 Å². The predicted octanol–water partition coefficient (Wildman–Crippen LogP) is 4.61. The van der Waals surface area contributed by atoms with E-state index in [1.807, 2.05) is 0 Å². The van der Waals surface area contributed by atoms with E-state index in [2.05, 4.69) is 68.3 Å². The molecule has 1 aromatic carbocycles. The van der Waals surface area contributed by atoms with Crippen molar-refractivity contribution in [3.05, 3.63) is 47.5 Å². The first kappa shape index (κ1) is 10.8. The molecule has 3 aliphatic rings. The minimum atomic E-state index is 0.141. The molecule has 0 unspecified atom stereocenters. The number of hydrogen-bond acceptors (Lipinski definition) is 0. The van der Waals surface area contributed by atoms with Gasteiger partial charge in [-0.05, 0) is 36.8 Å². The van der Waals surface area contributed by atoms with Gasteiger partial charge in [-0.2, -0.15) is 0 Å². The average molecular weight is 354 g/mol. The van der Waals surface area contributed by atoms with Crippen LogP contribution in [0, 0.1) is 10.8 Å². The van der Waals surface area contributed by atoms with E-state index in [4.69, 9.17) is 0 Å². The van der Waals surface area contributed by atoms with E-state index in [1.54, 1.807) is 11.1 Å². The summed E-state index contributed by atoms with van der Waals surface area (Å²) in [5, 5.41) is 0. The SMILES string of the molecule is BrC1(Br)[C@@]23CC=CC[C@@]12Cc1ccccc1C3. The summed E-state index contributed by atoms with van der Waals surface area (Å²) < 4.78 is 0.141. The van der Waals surface area contributed by atoms with E-state index >= 15 is 0 Å². The molecule has 2 atom stereocenters. The number of benzene rings is 1. The van der Waals surface area contributed by atoms with Crippen molar-refractivity contribution in [1.82, 2.24) is 0 Å². The van der Waals surface area contributed by atoms with Crippen molar-refractivity contribution in [2.75, 3.05) is 0 Å². The number of hydrogen-bond donors (Lipinski definition) is 0. The molecule has 1 fully saturated rings. The fraction of sp³-hybridized carbons (Fsp3) is 0.467. The van der Waals surface area contributed by atoms with Gasteiger partial charge in [-0.1, -0.05) is 68.3 Å². The first-order valence-electron chi connectivity index (χ1n) is 6.23.